The van der Waals surface area contributed by atoms with Crippen molar-refractivity contribution in [3.63, 3.8) is 0 Å². The molecule has 1 aromatic heterocycles. The molecule has 0 saturated heterocycles. The molecule has 106 valence electrons. The number of benzene rings is 2. The Labute approximate surface area is 126 Å². The van der Waals surface area contributed by atoms with E-state index in [-0.39, 0.29) is 5.02 Å². The fourth-order valence-corrected chi connectivity index (χ4v) is 2.55. The molecule has 5 heteroatoms. The molecule has 0 spiro atoms. The highest BCUT2D eigenvalue weighted by atomic mass is 35.5. The van der Waals surface area contributed by atoms with Crippen LogP contribution in [0, 0.1) is 12.7 Å². The summed E-state index contributed by atoms with van der Waals surface area (Å²) in [6.07, 6.45) is 0. The van der Waals surface area contributed by atoms with Crippen molar-refractivity contribution in [3.05, 3.63) is 58.9 Å². The lowest BCUT2D eigenvalue weighted by molar-refractivity contribution is 0.631. The molecule has 2 aromatic carbocycles. The summed E-state index contributed by atoms with van der Waals surface area (Å²) in [5.41, 5.74) is 9.49. The van der Waals surface area contributed by atoms with Crippen LogP contribution >= 0.6 is 11.6 Å². The monoisotopic (exact) mass is 301 g/mol. The molecule has 0 aliphatic rings. The predicted molar refractivity (Wildman–Crippen MR) is 83.6 cm³/mol. The van der Waals surface area contributed by atoms with Gasteiger partial charge in [-0.25, -0.2) is 4.39 Å². The zero-order valence-electron chi connectivity index (χ0n) is 11.3. The number of hydrogen-bond donors (Lipinski definition) is 2. The Morgan fingerprint density at radius 1 is 1.10 bits per heavy atom. The first-order chi connectivity index (χ1) is 10.1. The van der Waals surface area contributed by atoms with E-state index in [1.807, 2.05) is 31.2 Å². The second-order valence-electron chi connectivity index (χ2n) is 4.78. The largest absolute Gasteiger partial charge is 0.382 e. The van der Waals surface area contributed by atoms with Gasteiger partial charge in [-0.15, -0.1) is 0 Å². The first-order valence-corrected chi connectivity index (χ1v) is 6.81. The highest BCUT2D eigenvalue weighted by molar-refractivity contribution is 6.31. The molecule has 1 heterocycles. The van der Waals surface area contributed by atoms with E-state index in [0.29, 0.717) is 22.6 Å². The van der Waals surface area contributed by atoms with Crippen molar-refractivity contribution in [1.82, 2.24) is 10.2 Å². The minimum Gasteiger partial charge on any atom is -0.382 e. The number of nitrogens with one attached hydrogen (secondary N) is 1. The molecule has 0 aliphatic heterocycles. The number of halogens is 2. The average molecular weight is 302 g/mol. The molecular weight excluding hydrogens is 289 g/mol. The van der Waals surface area contributed by atoms with Gasteiger partial charge in [0.1, 0.15) is 0 Å². The highest BCUT2D eigenvalue weighted by Gasteiger charge is 2.19. The van der Waals surface area contributed by atoms with Crippen LogP contribution in [0.4, 0.5) is 10.2 Å². The Morgan fingerprint density at radius 3 is 2.57 bits per heavy atom. The van der Waals surface area contributed by atoms with E-state index < -0.39 is 5.82 Å². The number of aryl methyl sites for hydroxylation is 1. The highest BCUT2D eigenvalue weighted by Crippen LogP contribution is 2.38. The van der Waals surface area contributed by atoms with Gasteiger partial charge >= 0.3 is 0 Å². The Bertz CT molecular complexity index is 811. The lowest BCUT2D eigenvalue weighted by Gasteiger charge is -2.09. The smallest absolute Gasteiger partial charge is 0.153 e. The standard InChI is InChI=1S/C16H13ClFN3/c1-9-5-2-3-6-10(9)13-15(20-21-16(13)19)11-7-4-8-12(17)14(11)18/h2-8H,1H3,(H3,19,20,21). The average Bonchev–Trinajstić information content (AvgIpc) is 2.84. The van der Waals surface area contributed by atoms with E-state index in [1.165, 1.54) is 6.07 Å². The van der Waals surface area contributed by atoms with Gasteiger partial charge < -0.3 is 5.73 Å². The second kappa shape index (κ2) is 5.22. The predicted octanol–water partition coefficient (Wildman–Crippen LogP) is 4.43. The van der Waals surface area contributed by atoms with E-state index in [0.717, 1.165) is 11.1 Å². The topological polar surface area (TPSA) is 54.7 Å². The van der Waals surface area contributed by atoms with Crippen molar-refractivity contribution in [1.29, 1.82) is 0 Å². The SMILES string of the molecule is Cc1ccccc1-c1c(N)n[nH]c1-c1cccc(Cl)c1F. The zero-order valence-corrected chi connectivity index (χ0v) is 12.1. The van der Waals surface area contributed by atoms with Crippen LogP contribution in [0.25, 0.3) is 22.4 Å². The third-order valence-corrected chi connectivity index (χ3v) is 3.72. The summed E-state index contributed by atoms with van der Waals surface area (Å²) in [5, 5.41) is 6.90. The molecule has 0 aliphatic carbocycles. The number of nitrogen functional groups attached to an aromatic ring is 1. The summed E-state index contributed by atoms with van der Waals surface area (Å²) in [7, 11) is 0. The van der Waals surface area contributed by atoms with Gasteiger partial charge in [-0.1, -0.05) is 41.9 Å². The maximum absolute atomic E-state index is 14.3. The van der Waals surface area contributed by atoms with Crippen LogP contribution in [-0.2, 0) is 0 Å². The number of hydrogen-bond acceptors (Lipinski definition) is 2. The molecule has 0 unspecified atom stereocenters. The summed E-state index contributed by atoms with van der Waals surface area (Å²) >= 11 is 5.86. The van der Waals surface area contributed by atoms with Crippen molar-refractivity contribution < 1.29 is 4.39 Å². The molecule has 0 radical (unpaired) electrons. The van der Waals surface area contributed by atoms with Crippen LogP contribution in [-0.4, -0.2) is 10.2 Å². The molecule has 3 rings (SSSR count). The summed E-state index contributed by atoms with van der Waals surface area (Å²) < 4.78 is 14.3. The molecule has 0 amide bonds. The van der Waals surface area contributed by atoms with E-state index in [4.69, 9.17) is 17.3 Å². The number of nitrogens with two attached hydrogens (primary N) is 1. The molecule has 3 N–H and O–H groups in total. The summed E-state index contributed by atoms with van der Waals surface area (Å²) in [6.45, 7) is 1.97. The third-order valence-electron chi connectivity index (χ3n) is 3.43. The van der Waals surface area contributed by atoms with Gasteiger partial charge in [0.05, 0.1) is 16.3 Å². The lowest BCUT2D eigenvalue weighted by atomic mass is 9.97. The second-order valence-corrected chi connectivity index (χ2v) is 5.18. The van der Waals surface area contributed by atoms with Crippen LogP contribution in [0.5, 0.6) is 0 Å². The zero-order chi connectivity index (χ0) is 15.0. The number of anilines is 1. The minimum absolute atomic E-state index is 0.0661. The van der Waals surface area contributed by atoms with E-state index in [1.54, 1.807) is 12.1 Å². The fourth-order valence-electron chi connectivity index (χ4n) is 2.37. The number of rotatable bonds is 2. The molecule has 21 heavy (non-hydrogen) atoms. The Morgan fingerprint density at radius 2 is 1.81 bits per heavy atom. The van der Waals surface area contributed by atoms with Crippen LogP contribution in [0.2, 0.25) is 5.02 Å². The van der Waals surface area contributed by atoms with Crippen molar-refractivity contribution in [2.75, 3.05) is 5.73 Å². The van der Waals surface area contributed by atoms with Gasteiger partial charge in [0.25, 0.3) is 0 Å². The van der Waals surface area contributed by atoms with Crippen LogP contribution in [0.15, 0.2) is 42.5 Å². The quantitative estimate of drug-likeness (QED) is 0.736. The van der Waals surface area contributed by atoms with Gasteiger partial charge in [0, 0.05) is 5.56 Å². The van der Waals surface area contributed by atoms with Gasteiger partial charge in [-0.05, 0) is 30.2 Å². The maximum Gasteiger partial charge on any atom is 0.153 e. The van der Waals surface area contributed by atoms with Crippen molar-refractivity contribution in [3.8, 4) is 22.4 Å². The first-order valence-electron chi connectivity index (χ1n) is 6.44. The van der Waals surface area contributed by atoms with Crippen LogP contribution in [0.3, 0.4) is 0 Å². The van der Waals surface area contributed by atoms with Gasteiger partial charge in [0.15, 0.2) is 11.6 Å². The molecule has 3 nitrogen and oxygen atoms in total. The fraction of sp³-hybridized carbons (Fsp3) is 0.0625. The molecular formula is C16H13ClFN3. The maximum atomic E-state index is 14.3. The third kappa shape index (κ3) is 2.28. The van der Waals surface area contributed by atoms with E-state index in [9.17, 15) is 4.39 Å². The molecule has 0 fully saturated rings. The number of aromatic amines is 1. The van der Waals surface area contributed by atoms with Crippen molar-refractivity contribution in [2.24, 2.45) is 0 Å². The van der Waals surface area contributed by atoms with Crippen molar-refractivity contribution in [2.45, 2.75) is 6.92 Å². The van der Waals surface area contributed by atoms with E-state index in [2.05, 4.69) is 10.2 Å². The molecule has 3 aromatic rings. The molecule has 0 bridgehead atoms. The van der Waals surface area contributed by atoms with Gasteiger partial charge in [-0.3, -0.25) is 5.10 Å². The molecule has 0 saturated carbocycles. The number of H-pyrrole nitrogens is 1. The number of aromatic nitrogens is 2. The normalized spacial score (nSPS) is 10.8. The van der Waals surface area contributed by atoms with E-state index >= 15 is 0 Å². The van der Waals surface area contributed by atoms with Crippen LogP contribution in [0.1, 0.15) is 5.56 Å². The van der Waals surface area contributed by atoms with Crippen molar-refractivity contribution >= 4 is 17.4 Å². The first kappa shape index (κ1) is 13.6. The minimum atomic E-state index is -0.488. The Hall–Kier alpha value is -2.33. The Kier molecular flexibility index (Phi) is 3.39. The summed E-state index contributed by atoms with van der Waals surface area (Å²) in [5.74, 6) is -0.156. The summed E-state index contributed by atoms with van der Waals surface area (Å²) in [4.78, 5) is 0. The van der Waals surface area contributed by atoms with Crippen LogP contribution < -0.4 is 5.73 Å². The molecule has 0 atom stereocenters. The number of nitrogens with zero attached hydrogens (tertiary/aromatic N) is 1. The van der Waals surface area contributed by atoms with Gasteiger partial charge in [-0.2, -0.15) is 5.10 Å². The van der Waals surface area contributed by atoms with Gasteiger partial charge in [0.2, 0.25) is 0 Å². The summed E-state index contributed by atoms with van der Waals surface area (Å²) in [6, 6.07) is 12.6. The Balaban J connectivity index is 2.28. The lowest BCUT2D eigenvalue weighted by Crippen LogP contribution is -1.92.